The van der Waals surface area contributed by atoms with E-state index in [0.717, 1.165) is 13.0 Å². The molecular formula is C10H13N2+. The van der Waals surface area contributed by atoms with Crippen LogP contribution < -0.4 is 5.73 Å². The minimum absolute atomic E-state index is 0.968. The van der Waals surface area contributed by atoms with E-state index in [1.165, 1.54) is 16.5 Å². The molecule has 0 aliphatic heterocycles. The SMILES string of the molecule is [NH3+]CCc1ccc2[nH]ccc2c1. The molecule has 0 aliphatic carbocycles. The van der Waals surface area contributed by atoms with Gasteiger partial charge in [-0.1, -0.05) is 6.07 Å². The average Bonchev–Trinajstić information content (AvgIpc) is 2.51. The van der Waals surface area contributed by atoms with Gasteiger partial charge in [-0.15, -0.1) is 0 Å². The number of H-pyrrole nitrogens is 1. The number of aromatic nitrogens is 1. The molecule has 0 spiro atoms. The van der Waals surface area contributed by atoms with Crippen LogP contribution in [0, 0.1) is 0 Å². The largest absolute Gasteiger partial charge is 0.361 e. The van der Waals surface area contributed by atoms with Gasteiger partial charge in [0, 0.05) is 18.1 Å². The van der Waals surface area contributed by atoms with E-state index in [1.807, 2.05) is 6.20 Å². The average molecular weight is 161 g/mol. The third-order valence-electron chi connectivity index (χ3n) is 2.08. The van der Waals surface area contributed by atoms with Crippen LogP contribution in [0.4, 0.5) is 0 Å². The number of benzene rings is 1. The smallest absolute Gasteiger partial charge is 0.0780 e. The highest BCUT2D eigenvalue weighted by Gasteiger charge is 1.96. The molecule has 1 heterocycles. The summed E-state index contributed by atoms with van der Waals surface area (Å²) in [6.07, 6.45) is 3.04. The predicted octanol–water partition coefficient (Wildman–Crippen LogP) is 0.952. The topological polar surface area (TPSA) is 43.4 Å². The number of quaternary nitrogens is 1. The lowest BCUT2D eigenvalue weighted by Gasteiger charge is -1.96. The normalized spacial score (nSPS) is 10.8. The van der Waals surface area contributed by atoms with Gasteiger partial charge >= 0.3 is 0 Å². The minimum Gasteiger partial charge on any atom is -0.361 e. The number of hydrogen-bond acceptors (Lipinski definition) is 0. The van der Waals surface area contributed by atoms with Gasteiger partial charge in [0.25, 0.3) is 0 Å². The fraction of sp³-hybridized carbons (Fsp3) is 0.200. The van der Waals surface area contributed by atoms with Crippen molar-refractivity contribution in [1.82, 2.24) is 4.98 Å². The monoisotopic (exact) mass is 161 g/mol. The maximum absolute atomic E-state index is 3.84. The summed E-state index contributed by atoms with van der Waals surface area (Å²) in [4.78, 5) is 3.17. The molecule has 1 aromatic heterocycles. The first-order valence-electron chi connectivity index (χ1n) is 4.25. The Hall–Kier alpha value is -1.28. The molecule has 0 radical (unpaired) electrons. The first-order chi connectivity index (χ1) is 5.90. The summed E-state index contributed by atoms with van der Waals surface area (Å²) in [6.45, 7) is 0.968. The Morgan fingerprint density at radius 1 is 1.25 bits per heavy atom. The minimum atomic E-state index is 0.968. The van der Waals surface area contributed by atoms with Crippen LogP contribution in [0.25, 0.3) is 10.9 Å². The molecule has 0 unspecified atom stereocenters. The van der Waals surface area contributed by atoms with Gasteiger partial charge in [0.1, 0.15) is 0 Å². The van der Waals surface area contributed by atoms with Crippen LogP contribution in [0.5, 0.6) is 0 Å². The van der Waals surface area contributed by atoms with Crippen LogP contribution in [0.3, 0.4) is 0 Å². The van der Waals surface area contributed by atoms with Crippen molar-refractivity contribution in [2.24, 2.45) is 0 Å². The zero-order chi connectivity index (χ0) is 8.39. The Bertz CT molecular complexity index is 376. The number of fused-ring (bicyclic) bond motifs is 1. The van der Waals surface area contributed by atoms with Crippen LogP contribution in [0.1, 0.15) is 5.56 Å². The van der Waals surface area contributed by atoms with E-state index in [4.69, 9.17) is 0 Å². The van der Waals surface area contributed by atoms with Crippen LogP contribution in [0.15, 0.2) is 30.5 Å². The van der Waals surface area contributed by atoms with E-state index < -0.39 is 0 Å². The summed E-state index contributed by atoms with van der Waals surface area (Å²) in [7, 11) is 0. The summed E-state index contributed by atoms with van der Waals surface area (Å²) in [5.74, 6) is 0. The molecule has 0 atom stereocenters. The fourth-order valence-corrected chi connectivity index (χ4v) is 1.46. The van der Waals surface area contributed by atoms with Crippen molar-refractivity contribution in [1.29, 1.82) is 0 Å². The zero-order valence-corrected chi connectivity index (χ0v) is 7.01. The Morgan fingerprint density at radius 3 is 3.00 bits per heavy atom. The standard InChI is InChI=1S/C10H12N2/c11-5-3-8-1-2-10-9(7-8)4-6-12-10/h1-2,4,6-7,12H,3,5,11H2/p+1. The van der Waals surface area contributed by atoms with Gasteiger partial charge in [0.15, 0.2) is 0 Å². The van der Waals surface area contributed by atoms with Crippen molar-refractivity contribution in [2.75, 3.05) is 6.54 Å². The van der Waals surface area contributed by atoms with E-state index in [2.05, 4.69) is 35.0 Å². The molecule has 0 bridgehead atoms. The molecule has 0 aliphatic rings. The Kier molecular flexibility index (Phi) is 1.84. The Balaban J connectivity index is 2.46. The number of aromatic amines is 1. The molecule has 0 saturated carbocycles. The first-order valence-corrected chi connectivity index (χ1v) is 4.25. The van der Waals surface area contributed by atoms with Crippen LogP contribution in [0.2, 0.25) is 0 Å². The molecular weight excluding hydrogens is 148 g/mol. The van der Waals surface area contributed by atoms with Gasteiger partial charge in [-0.25, -0.2) is 0 Å². The van der Waals surface area contributed by atoms with Crippen LogP contribution in [-0.4, -0.2) is 11.5 Å². The molecule has 4 N–H and O–H groups in total. The second kappa shape index (κ2) is 2.99. The van der Waals surface area contributed by atoms with Crippen molar-refractivity contribution in [3.05, 3.63) is 36.0 Å². The second-order valence-corrected chi connectivity index (χ2v) is 3.00. The molecule has 12 heavy (non-hydrogen) atoms. The summed E-state index contributed by atoms with van der Waals surface area (Å²) in [5.41, 5.74) is 6.42. The lowest BCUT2D eigenvalue weighted by molar-refractivity contribution is -0.366. The summed E-state index contributed by atoms with van der Waals surface area (Å²) >= 11 is 0. The lowest BCUT2D eigenvalue weighted by Crippen LogP contribution is -2.51. The number of nitrogens with one attached hydrogen (secondary N) is 1. The van der Waals surface area contributed by atoms with E-state index in [0.29, 0.717) is 0 Å². The maximum atomic E-state index is 3.84. The van der Waals surface area contributed by atoms with Gasteiger partial charge in [-0.3, -0.25) is 0 Å². The third kappa shape index (κ3) is 1.21. The highest BCUT2D eigenvalue weighted by Crippen LogP contribution is 2.13. The van der Waals surface area contributed by atoms with Gasteiger partial charge in [-0.2, -0.15) is 0 Å². The van der Waals surface area contributed by atoms with Gasteiger partial charge in [-0.05, 0) is 29.1 Å². The van der Waals surface area contributed by atoms with Crippen LogP contribution in [-0.2, 0) is 6.42 Å². The highest BCUT2D eigenvalue weighted by molar-refractivity contribution is 5.79. The fourth-order valence-electron chi connectivity index (χ4n) is 1.46. The summed E-state index contributed by atoms with van der Waals surface area (Å²) in [5, 5.41) is 1.29. The number of hydrogen-bond donors (Lipinski definition) is 2. The maximum Gasteiger partial charge on any atom is 0.0780 e. The second-order valence-electron chi connectivity index (χ2n) is 3.00. The molecule has 62 valence electrons. The molecule has 2 aromatic rings. The summed E-state index contributed by atoms with van der Waals surface area (Å²) < 4.78 is 0. The van der Waals surface area contributed by atoms with E-state index in [9.17, 15) is 0 Å². The molecule has 0 amide bonds. The zero-order valence-electron chi connectivity index (χ0n) is 7.01. The van der Waals surface area contributed by atoms with Crippen molar-refractivity contribution < 1.29 is 5.73 Å². The van der Waals surface area contributed by atoms with Crippen molar-refractivity contribution in [3.8, 4) is 0 Å². The Labute approximate surface area is 71.4 Å². The van der Waals surface area contributed by atoms with Crippen molar-refractivity contribution >= 4 is 10.9 Å². The number of rotatable bonds is 2. The predicted molar refractivity (Wildman–Crippen MR) is 49.8 cm³/mol. The van der Waals surface area contributed by atoms with E-state index in [1.54, 1.807) is 0 Å². The summed E-state index contributed by atoms with van der Waals surface area (Å²) in [6, 6.07) is 8.60. The van der Waals surface area contributed by atoms with Crippen molar-refractivity contribution in [3.63, 3.8) is 0 Å². The lowest BCUT2D eigenvalue weighted by atomic mass is 10.1. The molecule has 0 fully saturated rings. The molecule has 0 saturated heterocycles. The highest BCUT2D eigenvalue weighted by atomic mass is 14.7. The molecule has 1 aromatic carbocycles. The first kappa shape index (κ1) is 7.37. The quantitative estimate of drug-likeness (QED) is 0.658. The van der Waals surface area contributed by atoms with Gasteiger partial charge in [0.2, 0.25) is 0 Å². The van der Waals surface area contributed by atoms with Gasteiger partial charge < -0.3 is 10.7 Å². The molecule has 2 nitrogen and oxygen atoms in total. The molecule has 2 rings (SSSR count). The van der Waals surface area contributed by atoms with E-state index in [-0.39, 0.29) is 0 Å². The van der Waals surface area contributed by atoms with E-state index >= 15 is 0 Å². The molecule has 2 heteroatoms. The third-order valence-corrected chi connectivity index (χ3v) is 2.08. The van der Waals surface area contributed by atoms with Crippen LogP contribution >= 0.6 is 0 Å². The van der Waals surface area contributed by atoms with Crippen molar-refractivity contribution in [2.45, 2.75) is 6.42 Å². The Morgan fingerprint density at radius 2 is 2.17 bits per heavy atom. The van der Waals surface area contributed by atoms with Gasteiger partial charge in [0.05, 0.1) is 6.54 Å².